The Kier molecular flexibility index (Phi) is 7.77. The second-order valence-electron chi connectivity index (χ2n) is 3.80. The average molecular weight is 180 g/mol. The minimum atomic E-state index is 0.859. The van der Waals surface area contributed by atoms with Crippen molar-refractivity contribution in [1.29, 1.82) is 0 Å². The molecule has 0 amide bonds. The lowest BCUT2D eigenvalue weighted by molar-refractivity contribution is 0.480. The molecule has 0 saturated heterocycles. The molecule has 0 aliphatic carbocycles. The van der Waals surface area contributed by atoms with Crippen molar-refractivity contribution in [1.82, 2.24) is 0 Å². The molecule has 0 aliphatic heterocycles. The van der Waals surface area contributed by atoms with Crippen molar-refractivity contribution in [3.63, 3.8) is 0 Å². The van der Waals surface area contributed by atoms with Gasteiger partial charge in [-0.15, -0.1) is 0 Å². The van der Waals surface area contributed by atoms with E-state index in [-0.39, 0.29) is 0 Å². The molecule has 0 aliphatic rings. The highest BCUT2D eigenvalue weighted by atomic mass is 14.1. The highest BCUT2D eigenvalue weighted by molar-refractivity contribution is 4.98. The van der Waals surface area contributed by atoms with Crippen LogP contribution in [-0.2, 0) is 0 Å². The molecule has 0 heteroatoms. The normalized spacial score (nSPS) is 15.2. The topological polar surface area (TPSA) is 0 Å². The zero-order chi connectivity index (χ0) is 10.1. The van der Waals surface area contributed by atoms with Gasteiger partial charge < -0.3 is 0 Å². The third kappa shape index (κ3) is 6.62. The van der Waals surface area contributed by atoms with Crippen molar-refractivity contribution in [3.8, 4) is 0 Å². The van der Waals surface area contributed by atoms with Crippen molar-refractivity contribution in [3.05, 3.63) is 23.8 Å². The maximum absolute atomic E-state index is 2.29. The fraction of sp³-hybridized carbons (Fsp3) is 0.692. The number of hydrogen-bond donors (Lipinski definition) is 0. The predicted octanol–water partition coefficient (Wildman–Crippen LogP) is 4.73. The first-order valence-corrected chi connectivity index (χ1v) is 5.47. The molecule has 0 bridgehead atoms. The van der Waals surface area contributed by atoms with Gasteiger partial charge in [0, 0.05) is 0 Å². The lowest BCUT2D eigenvalue weighted by Gasteiger charge is -2.13. The molecule has 0 spiro atoms. The first-order chi connectivity index (χ1) is 6.24. The largest absolute Gasteiger partial charge is 0.0917 e. The molecule has 0 rings (SSSR count). The Hall–Kier alpha value is -0.520. The van der Waals surface area contributed by atoms with Crippen molar-refractivity contribution in [2.24, 2.45) is 5.92 Å². The average Bonchev–Trinajstić information content (AvgIpc) is 2.14. The van der Waals surface area contributed by atoms with Crippen molar-refractivity contribution in [2.75, 3.05) is 0 Å². The van der Waals surface area contributed by atoms with Gasteiger partial charge >= 0.3 is 0 Å². The molecule has 0 N–H and O–H groups in total. The first kappa shape index (κ1) is 12.5. The summed E-state index contributed by atoms with van der Waals surface area (Å²) in [6.45, 7) is 8.74. The van der Waals surface area contributed by atoms with Gasteiger partial charge in [-0.1, -0.05) is 43.6 Å². The van der Waals surface area contributed by atoms with E-state index in [9.17, 15) is 0 Å². The van der Waals surface area contributed by atoms with E-state index in [1.165, 1.54) is 31.3 Å². The third-order valence-corrected chi connectivity index (χ3v) is 2.51. The number of allylic oxidation sites excluding steroid dienone is 4. The van der Waals surface area contributed by atoms with E-state index in [0.29, 0.717) is 0 Å². The van der Waals surface area contributed by atoms with Crippen LogP contribution in [-0.4, -0.2) is 0 Å². The van der Waals surface area contributed by atoms with Crippen LogP contribution in [0.2, 0.25) is 0 Å². The Bertz CT molecular complexity index is 163. The molecule has 0 aromatic rings. The maximum atomic E-state index is 2.29. The molecule has 0 aromatic carbocycles. The lowest BCUT2D eigenvalue weighted by Crippen LogP contribution is -1.99. The summed E-state index contributed by atoms with van der Waals surface area (Å²) >= 11 is 0. The summed E-state index contributed by atoms with van der Waals surface area (Å²) in [7, 11) is 0. The Morgan fingerprint density at radius 1 is 1.31 bits per heavy atom. The minimum absolute atomic E-state index is 0.859. The standard InChI is InChI=1S/C13H24/c1-5-8-10-13(9-6-2)11-12(4)7-3/h5,7-8,13H,6,9-11H2,1-4H3/b8-5-,12-7+. The van der Waals surface area contributed by atoms with Gasteiger partial charge in [0.1, 0.15) is 0 Å². The molecule has 13 heavy (non-hydrogen) atoms. The van der Waals surface area contributed by atoms with Crippen molar-refractivity contribution >= 4 is 0 Å². The molecule has 0 fully saturated rings. The second-order valence-corrected chi connectivity index (χ2v) is 3.80. The molecule has 0 heterocycles. The molecule has 1 atom stereocenters. The van der Waals surface area contributed by atoms with Gasteiger partial charge in [-0.3, -0.25) is 0 Å². The molecule has 0 nitrogen and oxygen atoms in total. The van der Waals surface area contributed by atoms with Crippen LogP contribution >= 0.6 is 0 Å². The smallest absolute Gasteiger partial charge is 0.0292 e. The molecular weight excluding hydrogens is 156 g/mol. The van der Waals surface area contributed by atoms with E-state index >= 15 is 0 Å². The van der Waals surface area contributed by atoms with Crippen LogP contribution in [0.15, 0.2) is 23.8 Å². The second kappa shape index (κ2) is 8.10. The molecule has 0 radical (unpaired) electrons. The number of hydrogen-bond acceptors (Lipinski definition) is 0. The Morgan fingerprint density at radius 2 is 2.00 bits per heavy atom. The highest BCUT2D eigenvalue weighted by Gasteiger charge is 2.05. The van der Waals surface area contributed by atoms with Gasteiger partial charge in [-0.05, 0) is 39.5 Å². The summed E-state index contributed by atoms with van der Waals surface area (Å²) in [6.07, 6.45) is 11.9. The van der Waals surface area contributed by atoms with Crippen LogP contribution in [0, 0.1) is 5.92 Å². The van der Waals surface area contributed by atoms with Gasteiger partial charge in [0.05, 0.1) is 0 Å². The monoisotopic (exact) mass is 180 g/mol. The molecule has 76 valence electrons. The van der Waals surface area contributed by atoms with Gasteiger partial charge in [0.2, 0.25) is 0 Å². The SMILES string of the molecule is C/C=C\CC(CCC)C/C(C)=C/C. The van der Waals surface area contributed by atoms with Crippen LogP contribution in [0.5, 0.6) is 0 Å². The van der Waals surface area contributed by atoms with Gasteiger partial charge in [-0.25, -0.2) is 0 Å². The molecule has 0 aromatic heterocycles. The summed E-state index contributed by atoms with van der Waals surface area (Å²) in [5.41, 5.74) is 1.53. The van der Waals surface area contributed by atoms with Gasteiger partial charge in [0.25, 0.3) is 0 Å². The van der Waals surface area contributed by atoms with Crippen LogP contribution in [0.3, 0.4) is 0 Å². The minimum Gasteiger partial charge on any atom is -0.0917 e. The third-order valence-electron chi connectivity index (χ3n) is 2.51. The molecule has 1 unspecified atom stereocenters. The van der Waals surface area contributed by atoms with Crippen molar-refractivity contribution < 1.29 is 0 Å². The fourth-order valence-electron chi connectivity index (χ4n) is 1.61. The lowest BCUT2D eigenvalue weighted by atomic mass is 9.92. The first-order valence-electron chi connectivity index (χ1n) is 5.47. The molecular formula is C13H24. The van der Waals surface area contributed by atoms with Crippen LogP contribution in [0.25, 0.3) is 0 Å². The van der Waals surface area contributed by atoms with E-state index in [1.807, 2.05) is 0 Å². The summed E-state index contributed by atoms with van der Waals surface area (Å²) < 4.78 is 0. The van der Waals surface area contributed by atoms with E-state index in [0.717, 1.165) is 5.92 Å². The van der Waals surface area contributed by atoms with Crippen LogP contribution in [0.4, 0.5) is 0 Å². The predicted molar refractivity (Wildman–Crippen MR) is 61.9 cm³/mol. The Morgan fingerprint density at radius 3 is 2.46 bits per heavy atom. The van der Waals surface area contributed by atoms with E-state index in [2.05, 4.69) is 45.9 Å². The van der Waals surface area contributed by atoms with E-state index < -0.39 is 0 Å². The van der Waals surface area contributed by atoms with Gasteiger partial charge in [0.15, 0.2) is 0 Å². The summed E-state index contributed by atoms with van der Waals surface area (Å²) in [6, 6.07) is 0. The summed E-state index contributed by atoms with van der Waals surface area (Å²) in [5.74, 6) is 0.859. The maximum Gasteiger partial charge on any atom is -0.0292 e. The molecule has 0 saturated carbocycles. The zero-order valence-corrected chi connectivity index (χ0v) is 9.64. The van der Waals surface area contributed by atoms with E-state index in [4.69, 9.17) is 0 Å². The Balaban J connectivity index is 3.93. The van der Waals surface area contributed by atoms with Crippen LogP contribution < -0.4 is 0 Å². The summed E-state index contributed by atoms with van der Waals surface area (Å²) in [4.78, 5) is 0. The van der Waals surface area contributed by atoms with E-state index in [1.54, 1.807) is 0 Å². The van der Waals surface area contributed by atoms with Gasteiger partial charge in [-0.2, -0.15) is 0 Å². The highest BCUT2D eigenvalue weighted by Crippen LogP contribution is 2.20. The Labute approximate surface area is 83.7 Å². The fourth-order valence-corrected chi connectivity index (χ4v) is 1.61. The quantitative estimate of drug-likeness (QED) is 0.519. The summed E-state index contributed by atoms with van der Waals surface area (Å²) in [5, 5.41) is 0. The van der Waals surface area contributed by atoms with Crippen LogP contribution in [0.1, 0.15) is 53.4 Å². The number of rotatable bonds is 6. The van der Waals surface area contributed by atoms with Crippen molar-refractivity contribution in [2.45, 2.75) is 53.4 Å². The zero-order valence-electron chi connectivity index (χ0n) is 9.64.